The molecule has 1 saturated carbocycles. The normalized spacial score (nSPS) is 33.4. The van der Waals surface area contributed by atoms with Crippen molar-refractivity contribution in [3.8, 4) is 5.75 Å². The Balaban J connectivity index is 1.48. The van der Waals surface area contributed by atoms with Crippen LogP contribution in [0.4, 0.5) is 0 Å². The van der Waals surface area contributed by atoms with Crippen molar-refractivity contribution in [3.05, 3.63) is 29.3 Å². The molecule has 5 nitrogen and oxygen atoms in total. The van der Waals surface area contributed by atoms with Crippen LogP contribution < -0.4 is 10.1 Å². The minimum atomic E-state index is -0.391. The van der Waals surface area contributed by atoms with Gasteiger partial charge in [0.05, 0.1) is 25.9 Å². The number of hydrogen-bond acceptors (Lipinski definition) is 4. The monoisotopic (exact) mass is 412 g/mol. The molecule has 0 radical (unpaired) electrons. The van der Waals surface area contributed by atoms with Crippen molar-refractivity contribution in [3.63, 3.8) is 0 Å². The summed E-state index contributed by atoms with van der Waals surface area (Å²) in [7, 11) is 1.74. The molecule has 2 heterocycles. The zero-order chi connectivity index (χ0) is 21.1. The number of carbonyl (C=O) groups excluding carboxylic acids is 1. The number of nitrogens with zero attached hydrogens (tertiary/aromatic N) is 1. The Labute approximate surface area is 180 Å². The summed E-state index contributed by atoms with van der Waals surface area (Å²) in [6.07, 6.45) is 6.06. The predicted octanol–water partition coefficient (Wildman–Crippen LogP) is 3.29. The van der Waals surface area contributed by atoms with Crippen LogP contribution in [0.5, 0.6) is 5.75 Å². The molecule has 1 aromatic rings. The Morgan fingerprint density at radius 2 is 2.13 bits per heavy atom. The number of carbonyl (C=O) groups is 1. The minimum absolute atomic E-state index is 0.0408. The van der Waals surface area contributed by atoms with Gasteiger partial charge in [-0.1, -0.05) is 26.8 Å². The molecule has 1 aromatic carbocycles. The number of nitrogens with one attached hydrogen (secondary N) is 1. The molecule has 0 spiro atoms. The molecule has 2 saturated heterocycles. The Morgan fingerprint density at radius 3 is 2.83 bits per heavy atom. The number of benzene rings is 1. The molecule has 4 aliphatic rings. The maximum absolute atomic E-state index is 12.7. The maximum atomic E-state index is 12.7. The van der Waals surface area contributed by atoms with Crippen LogP contribution in [-0.4, -0.2) is 55.8 Å². The van der Waals surface area contributed by atoms with Crippen molar-refractivity contribution in [2.45, 2.75) is 76.5 Å². The highest BCUT2D eigenvalue weighted by Crippen LogP contribution is 2.52. The number of hydrogen-bond donors (Lipinski definition) is 1. The number of ether oxygens (including phenoxy) is 2. The fourth-order valence-electron chi connectivity index (χ4n) is 5.95. The molecule has 5 heteroatoms. The van der Waals surface area contributed by atoms with Crippen LogP contribution in [0, 0.1) is 11.3 Å². The lowest BCUT2D eigenvalue weighted by Gasteiger charge is -2.59. The van der Waals surface area contributed by atoms with E-state index in [2.05, 4.69) is 28.4 Å². The van der Waals surface area contributed by atoms with E-state index in [1.165, 1.54) is 30.5 Å². The van der Waals surface area contributed by atoms with Crippen LogP contribution in [0.15, 0.2) is 18.2 Å². The van der Waals surface area contributed by atoms with E-state index in [0.717, 1.165) is 37.5 Å². The van der Waals surface area contributed by atoms with Crippen LogP contribution in [-0.2, 0) is 21.4 Å². The van der Waals surface area contributed by atoms with Gasteiger partial charge in [-0.15, -0.1) is 0 Å². The first-order valence-electron chi connectivity index (χ1n) is 11.6. The topological polar surface area (TPSA) is 50.8 Å². The highest BCUT2D eigenvalue weighted by atomic mass is 16.5. The minimum Gasteiger partial charge on any atom is -0.497 e. The fraction of sp³-hybridized carbons (Fsp3) is 0.720. The number of rotatable bonds is 4. The average molecular weight is 413 g/mol. The highest BCUT2D eigenvalue weighted by molar-refractivity contribution is 5.81. The lowest BCUT2D eigenvalue weighted by atomic mass is 9.58. The van der Waals surface area contributed by atoms with Gasteiger partial charge in [0.1, 0.15) is 5.75 Å². The number of methoxy groups -OCH3 is 1. The third-order valence-corrected chi connectivity index (χ3v) is 7.78. The molecule has 0 aromatic heterocycles. The van der Waals surface area contributed by atoms with Gasteiger partial charge in [0.2, 0.25) is 5.91 Å². The first-order valence-corrected chi connectivity index (χ1v) is 11.6. The van der Waals surface area contributed by atoms with Gasteiger partial charge < -0.3 is 14.8 Å². The van der Waals surface area contributed by atoms with E-state index < -0.39 is 5.41 Å². The van der Waals surface area contributed by atoms with Crippen LogP contribution in [0.2, 0.25) is 0 Å². The van der Waals surface area contributed by atoms with E-state index in [1.807, 2.05) is 20.8 Å². The van der Waals surface area contributed by atoms with Crippen LogP contribution in [0.1, 0.15) is 57.6 Å². The molecule has 2 aliphatic heterocycles. The van der Waals surface area contributed by atoms with E-state index in [9.17, 15) is 4.79 Å². The van der Waals surface area contributed by atoms with Gasteiger partial charge in [-0.3, -0.25) is 9.69 Å². The summed E-state index contributed by atoms with van der Waals surface area (Å²) >= 11 is 0. The lowest BCUT2D eigenvalue weighted by molar-refractivity contribution is -0.146. The number of amides is 1. The second-order valence-electron chi connectivity index (χ2n) is 11.0. The summed E-state index contributed by atoms with van der Waals surface area (Å²) in [5, 5.41) is 3.29. The summed E-state index contributed by atoms with van der Waals surface area (Å²) in [6.45, 7) is 8.87. The van der Waals surface area contributed by atoms with Crippen LogP contribution in [0.25, 0.3) is 0 Å². The molecule has 4 unspecified atom stereocenters. The molecule has 1 amide bonds. The van der Waals surface area contributed by atoms with Gasteiger partial charge in [-0.05, 0) is 67.8 Å². The summed E-state index contributed by atoms with van der Waals surface area (Å²) < 4.78 is 12.2. The summed E-state index contributed by atoms with van der Waals surface area (Å²) in [5.41, 5.74) is 2.40. The van der Waals surface area contributed by atoms with Crippen molar-refractivity contribution in [2.24, 2.45) is 11.3 Å². The Morgan fingerprint density at radius 1 is 1.33 bits per heavy atom. The highest BCUT2D eigenvalue weighted by Gasteiger charge is 2.57. The average Bonchev–Trinajstić information content (AvgIpc) is 3.53. The first kappa shape index (κ1) is 20.3. The van der Waals surface area contributed by atoms with Crippen molar-refractivity contribution in [2.75, 3.05) is 26.8 Å². The second-order valence-corrected chi connectivity index (χ2v) is 11.0. The zero-order valence-corrected chi connectivity index (χ0v) is 18.9. The van der Waals surface area contributed by atoms with Crippen LogP contribution >= 0.6 is 0 Å². The van der Waals surface area contributed by atoms with Crippen molar-refractivity contribution < 1.29 is 14.3 Å². The van der Waals surface area contributed by atoms with E-state index in [0.29, 0.717) is 12.6 Å². The van der Waals surface area contributed by atoms with Gasteiger partial charge in [-0.2, -0.15) is 0 Å². The van der Waals surface area contributed by atoms with Gasteiger partial charge in [0, 0.05) is 23.4 Å². The molecule has 164 valence electrons. The van der Waals surface area contributed by atoms with Crippen molar-refractivity contribution in [1.82, 2.24) is 10.2 Å². The quantitative estimate of drug-likeness (QED) is 0.825. The molecule has 3 fully saturated rings. The predicted molar refractivity (Wildman–Crippen MR) is 117 cm³/mol. The molecule has 30 heavy (non-hydrogen) atoms. The van der Waals surface area contributed by atoms with Crippen LogP contribution in [0.3, 0.4) is 0 Å². The summed E-state index contributed by atoms with van der Waals surface area (Å²) in [5.74, 6) is 1.91. The fourth-order valence-corrected chi connectivity index (χ4v) is 5.95. The SMILES string of the molecule is COc1ccc2c(c1)C13CCN(CC4CC4)C(C2)C1OCC(NC(=O)C(C)(C)C)C3. The van der Waals surface area contributed by atoms with E-state index in [-0.39, 0.29) is 23.5 Å². The largest absolute Gasteiger partial charge is 0.497 e. The van der Waals surface area contributed by atoms with Gasteiger partial charge in [0.25, 0.3) is 0 Å². The third kappa shape index (κ3) is 3.44. The molecule has 4 atom stereocenters. The number of likely N-dealkylation sites (tertiary alicyclic amines) is 1. The Bertz CT molecular complexity index is 828. The third-order valence-electron chi connectivity index (χ3n) is 7.78. The second kappa shape index (κ2) is 7.23. The smallest absolute Gasteiger partial charge is 0.225 e. The molecule has 2 bridgehead atoms. The van der Waals surface area contributed by atoms with Gasteiger partial charge in [0.15, 0.2) is 0 Å². The Kier molecular flexibility index (Phi) is 4.90. The summed E-state index contributed by atoms with van der Waals surface area (Å²) in [6, 6.07) is 7.10. The summed E-state index contributed by atoms with van der Waals surface area (Å²) in [4.78, 5) is 15.4. The van der Waals surface area contributed by atoms with Crippen molar-refractivity contribution in [1.29, 1.82) is 0 Å². The number of piperidine rings is 1. The molecular weight excluding hydrogens is 376 g/mol. The first-order chi connectivity index (χ1) is 14.3. The molecule has 1 N–H and O–H groups in total. The zero-order valence-electron chi connectivity index (χ0n) is 18.9. The van der Waals surface area contributed by atoms with E-state index >= 15 is 0 Å². The molecular formula is C25H36N2O3. The standard InChI is InChI=1S/C25H36N2O3/c1-24(2,3)23(28)26-18-13-25-9-10-27(14-16-5-6-16)21(22(25)30-15-18)11-17-7-8-19(29-4)12-20(17)25/h7-8,12,16,18,21-22H,5-6,9-11,13-15H2,1-4H3,(H,26,28). The molecule has 2 aliphatic carbocycles. The van der Waals surface area contributed by atoms with Crippen molar-refractivity contribution >= 4 is 5.91 Å². The van der Waals surface area contributed by atoms with E-state index in [4.69, 9.17) is 9.47 Å². The van der Waals surface area contributed by atoms with Gasteiger partial charge >= 0.3 is 0 Å². The lowest BCUT2D eigenvalue weighted by Crippen LogP contribution is -2.68. The Hall–Kier alpha value is -1.59. The number of fused-ring (bicyclic) bond motifs is 1. The molecule has 5 rings (SSSR count). The maximum Gasteiger partial charge on any atom is 0.225 e. The van der Waals surface area contributed by atoms with Gasteiger partial charge in [-0.25, -0.2) is 0 Å². The van der Waals surface area contributed by atoms with E-state index in [1.54, 1.807) is 7.11 Å².